The third-order valence-electron chi connectivity index (χ3n) is 2.62. The minimum absolute atomic E-state index is 0.0526. The summed E-state index contributed by atoms with van der Waals surface area (Å²) in [7, 11) is 1.24. The maximum Gasteiger partial charge on any atom is 0.345 e. The number of ether oxygens (including phenoxy) is 1. The number of pyridine rings is 1. The van der Waals surface area contributed by atoms with E-state index >= 15 is 0 Å². The molecule has 0 saturated carbocycles. The highest BCUT2D eigenvalue weighted by molar-refractivity contribution is 5.94. The van der Waals surface area contributed by atoms with E-state index in [1.165, 1.54) is 7.11 Å². The molecule has 0 unspecified atom stereocenters. The number of methoxy groups -OCH3 is 1. The summed E-state index contributed by atoms with van der Waals surface area (Å²) >= 11 is 0. The molecule has 5 heteroatoms. The second-order valence-electron chi connectivity index (χ2n) is 3.52. The van der Waals surface area contributed by atoms with E-state index in [-0.39, 0.29) is 16.8 Å². The molecular formula is C10H12N2O3. The molecule has 0 fully saturated rings. The highest BCUT2D eigenvalue weighted by Gasteiger charge is 2.21. The summed E-state index contributed by atoms with van der Waals surface area (Å²) in [4.78, 5) is 23.2. The standard InChI is InChI=1S/C10H12N2O3/c1-15-10(14)8-7(11)5-6-3-2-4-12(6)9(8)13/h5H,2-4,11H2,1H3. The van der Waals surface area contributed by atoms with E-state index in [0.717, 1.165) is 18.5 Å². The van der Waals surface area contributed by atoms with Crippen LogP contribution in [0.2, 0.25) is 0 Å². The third-order valence-corrected chi connectivity index (χ3v) is 2.62. The predicted octanol–water partition coefficient (Wildman–Crippen LogP) is 0.163. The fraction of sp³-hybridized carbons (Fsp3) is 0.400. The van der Waals surface area contributed by atoms with Gasteiger partial charge in [-0.15, -0.1) is 0 Å². The van der Waals surface area contributed by atoms with Gasteiger partial charge in [0, 0.05) is 12.2 Å². The Hall–Kier alpha value is -1.78. The zero-order valence-electron chi connectivity index (χ0n) is 8.45. The maximum atomic E-state index is 11.9. The van der Waals surface area contributed by atoms with Crippen LogP contribution >= 0.6 is 0 Å². The SMILES string of the molecule is COC(=O)c1c(N)cc2n(c1=O)CCC2. The monoisotopic (exact) mass is 208 g/mol. The summed E-state index contributed by atoms with van der Waals surface area (Å²) in [5.74, 6) is -0.667. The number of nitrogens with two attached hydrogens (primary N) is 1. The van der Waals surface area contributed by atoms with Gasteiger partial charge in [0.1, 0.15) is 5.56 Å². The maximum absolute atomic E-state index is 11.9. The molecular weight excluding hydrogens is 196 g/mol. The number of hydrogen-bond acceptors (Lipinski definition) is 4. The fourth-order valence-corrected chi connectivity index (χ4v) is 1.90. The van der Waals surface area contributed by atoms with E-state index in [0.29, 0.717) is 6.54 Å². The molecule has 2 N–H and O–H groups in total. The zero-order valence-corrected chi connectivity index (χ0v) is 8.45. The van der Waals surface area contributed by atoms with Gasteiger partial charge in [0.2, 0.25) is 0 Å². The smallest absolute Gasteiger partial charge is 0.345 e. The molecule has 0 radical (unpaired) electrons. The largest absolute Gasteiger partial charge is 0.465 e. The number of hydrogen-bond donors (Lipinski definition) is 1. The number of carbonyl (C=O) groups is 1. The Morgan fingerprint density at radius 1 is 1.60 bits per heavy atom. The second-order valence-corrected chi connectivity index (χ2v) is 3.52. The van der Waals surface area contributed by atoms with Crippen LogP contribution in [0.4, 0.5) is 5.69 Å². The Morgan fingerprint density at radius 2 is 2.33 bits per heavy atom. The molecule has 80 valence electrons. The molecule has 2 heterocycles. The van der Waals surface area contributed by atoms with E-state index < -0.39 is 5.97 Å². The van der Waals surface area contributed by atoms with Gasteiger partial charge in [0.25, 0.3) is 5.56 Å². The van der Waals surface area contributed by atoms with E-state index in [1.54, 1.807) is 10.6 Å². The highest BCUT2D eigenvalue weighted by Crippen LogP contribution is 2.17. The van der Waals surface area contributed by atoms with Gasteiger partial charge in [-0.25, -0.2) is 4.79 Å². The molecule has 0 atom stereocenters. The van der Waals surface area contributed by atoms with Gasteiger partial charge in [-0.3, -0.25) is 4.79 Å². The number of fused-ring (bicyclic) bond motifs is 1. The van der Waals surface area contributed by atoms with Crippen molar-refractivity contribution in [2.45, 2.75) is 19.4 Å². The van der Waals surface area contributed by atoms with Crippen molar-refractivity contribution in [2.24, 2.45) is 0 Å². The molecule has 0 spiro atoms. The molecule has 5 nitrogen and oxygen atoms in total. The average molecular weight is 208 g/mol. The van der Waals surface area contributed by atoms with Crippen LogP contribution in [-0.4, -0.2) is 17.6 Å². The molecule has 0 saturated heterocycles. The summed E-state index contributed by atoms with van der Waals surface area (Å²) in [6.45, 7) is 0.651. The molecule has 1 aliphatic heterocycles. The molecule has 0 bridgehead atoms. The van der Waals surface area contributed by atoms with Gasteiger partial charge < -0.3 is 15.0 Å². The first-order valence-electron chi connectivity index (χ1n) is 4.75. The van der Waals surface area contributed by atoms with Crippen LogP contribution in [0, 0.1) is 0 Å². The van der Waals surface area contributed by atoms with Crippen molar-refractivity contribution in [1.29, 1.82) is 0 Å². The van der Waals surface area contributed by atoms with E-state index in [1.807, 2.05) is 0 Å². The van der Waals surface area contributed by atoms with Crippen molar-refractivity contribution in [3.8, 4) is 0 Å². The number of carbonyl (C=O) groups excluding carboxylic acids is 1. The Balaban J connectivity index is 2.67. The second kappa shape index (κ2) is 3.42. The molecule has 0 aromatic carbocycles. The van der Waals surface area contributed by atoms with Crippen molar-refractivity contribution in [3.63, 3.8) is 0 Å². The lowest BCUT2D eigenvalue weighted by molar-refractivity contribution is 0.0599. The third kappa shape index (κ3) is 1.40. The number of anilines is 1. The van der Waals surface area contributed by atoms with Crippen LogP contribution < -0.4 is 11.3 Å². The van der Waals surface area contributed by atoms with Gasteiger partial charge in [-0.05, 0) is 18.9 Å². The number of nitrogen functional groups attached to an aromatic ring is 1. The Morgan fingerprint density at radius 3 is 3.00 bits per heavy atom. The molecule has 15 heavy (non-hydrogen) atoms. The van der Waals surface area contributed by atoms with Gasteiger partial charge in [-0.1, -0.05) is 0 Å². The van der Waals surface area contributed by atoms with Gasteiger partial charge in [0.15, 0.2) is 0 Å². The summed E-state index contributed by atoms with van der Waals surface area (Å²) in [6.07, 6.45) is 1.75. The zero-order chi connectivity index (χ0) is 11.0. The normalized spacial score (nSPS) is 13.7. The van der Waals surface area contributed by atoms with Crippen molar-refractivity contribution < 1.29 is 9.53 Å². The quantitative estimate of drug-likeness (QED) is 0.667. The lowest BCUT2D eigenvalue weighted by Crippen LogP contribution is -2.28. The van der Waals surface area contributed by atoms with Crippen LogP contribution in [-0.2, 0) is 17.7 Å². The summed E-state index contributed by atoms with van der Waals surface area (Å²) in [5, 5.41) is 0. The molecule has 0 amide bonds. The van der Waals surface area contributed by atoms with Crippen molar-refractivity contribution in [1.82, 2.24) is 4.57 Å². The topological polar surface area (TPSA) is 74.3 Å². The lowest BCUT2D eigenvalue weighted by atomic mass is 10.2. The first-order chi connectivity index (χ1) is 7.15. The minimum atomic E-state index is -0.667. The molecule has 1 aliphatic rings. The van der Waals surface area contributed by atoms with E-state index in [2.05, 4.69) is 4.74 Å². The molecule has 1 aromatic heterocycles. The van der Waals surface area contributed by atoms with Crippen molar-refractivity contribution in [2.75, 3.05) is 12.8 Å². The van der Waals surface area contributed by atoms with E-state index in [4.69, 9.17) is 5.73 Å². The lowest BCUT2D eigenvalue weighted by Gasteiger charge is -2.08. The Kier molecular flexibility index (Phi) is 2.22. The van der Waals surface area contributed by atoms with Crippen LogP contribution in [0.25, 0.3) is 0 Å². The number of rotatable bonds is 1. The van der Waals surface area contributed by atoms with Crippen LogP contribution in [0.1, 0.15) is 22.5 Å². The van der Waals surface area contributed by atoms with Crippen LogP contribution in [0.3, 0.4) is 0 Å². The fourth-order valence-electron chi connectivity index (χ4n) is 1.90. The van der Waals surface area contributed by atoms with Crippen molar-refractivity contribution >= 4 is 11.7 Å². The number of nitrogens with zero attached hydrogens (tertiary/aromatic N) is 1. The van der Waals surface area contributed by atoms with Gasteiger partial charge in [-0.2, -0.15) is 0 Å². The highest BCUT2D eigenvalue weighted by atomic mass is 16.5. The minimum Gasteiger partial charge on any atom is -0.465 e. The number of aryl methyl sites for hydroxylation is 1. The average Bonchev–Trinajstić information content (AvgIpc) is 2.65. The Bertz CT molecular complexity index is 476. The summed E-state index contributed by atoms with van der Waals surface area (Å²) < 4.78 is 6.11. The Labute approximate surface area is 86.5 Å². The number of esters is 1. The summed E-state index contributed by atoms with van der Waals surface area (Å²) in [6, 6.07) is 1.68. The number of aromatic nitrogens is 1. The van der Waals surface area contributed by atoms with Gasteiger partial charge in [0.05, 0.1) is 12.8 Å². The molecule has 1 aromatic rings. The first kappa shape index (κ1) is 9.76. The summed E-state index contributed by atoms with van der Waals surface area (Å²) in [5.41, 5.74) is 6.37. The molecule has 0 aliphatic carbocycles. The molecule has 2 rings (SSSR count). The van der Waals surface area contributed by atoms with Crippen molar-refractivity contribution in [3.05, 3.63) is 27.7 Å². The van der Waals surface area contributed by atoms with Crippen LogP contribution in [0.5, 0.6) is 0 Å². The van der Waals surface area contributed by atoms with Crippen LogP contribution in [0.15, 0.2) is 10.9 Å². The van der Waals surface area contributed by atoms with Gasteiger partial charge >= 0.3 is 5.97 Å². The van der Waals surface area contributed by atoms with E-state index in [9.17, 15) is 9.59 Å². The predicted molar refractivity (Wildman–Crippen MR) is 54.8 cm³/mol. The first-order valence-corrected chi connectivity index (χ1v) is 4.75.